The maximum Gasteiger partial charge on any atom is 0.174 e. The SMILES string of the molecule is Cc1cccc(N2C(=S)N[C@@H](c3ccccn3)[C@H]2c2cc(C)n(-n3cnnc3)c2C)c1. The van der Waals surface area contributed by atoms with Crippen LogP contribution in [0.2, 0.25) is 0 Å². The topological polar surface area (TPSA) is 63.8 Å². The molecule has 0 saturated carbocycles. The van der Waals surface area contributed by atoms with Gasteiger partial charge in [-0.15, -0.1) is 10.2 Å². The Bertz CT molecular complexity index is 1230. The third-order valence-corrected chi connectivity index (χ3v) is 6.08. The van der Waals surface area contributed by atoms with Crippen molar-refractivity contribution in [3.05, 3.63) is 95.6 Å². The number of anilines is 1. The Labute approximate surface area is 186 Å². The molecule has 7 nitrogen and oxygen atoms in total. The van der Waals surface area contributed by atoms with Crippen molar-refractivity contribution in [2.75, 3.05) is 4.90 Å². The number of benzene rings is 1. The van der Waals surface area contributed by atoms with E-state index in [-0.39, 0.29) is 12.1 Å². The van der Waals surface area contributed by atoms with Crippen molar-refractivity contribution >= 4 is 23.0 Å². The van der Waals surface area contributed by atoms with Gasteiger partial charge in [0.15, 0.2) is 5.11 Å². The fourth-order valence-corrected chi connectivity index (χ4v) is 4.80. The van der Waals surface area contributed by atoms with Crippen molar-refractivity contribution in [2.45, 2.75) is 32.9 Å². The molecule has 1 aliphatic heterocycles. The van der Waals surface area contributed by atoms with Crippen LogP contribution in [-0.4, -0.2) is 29.6 Å². The first-order valence-corrected chi connectivity index (χ1v) is 10.6. The van der Waals surface area contributed by atoms with Crippen LogP contribution in [0.4, 0.5) is 5.69 Å². The first-order valence-electron chi connectivity index (χ1n) is 10.2. The zero-order chi connectivity index (χ0) is 21.5. The van der Waals surface area contributed by atoms with Crippen molar-refractivity contribution in [3.8, 4) is 0 Å². The summed E-state index contributed by atoms with van der Waals surface area (Å²) in [4.78, 5) is 6.85. The van der Waals surface area contributed by atoms with Crippen molar-refractivity contribution in [3.63, 3.8) is 0 Å². The van der Waals surface area contributed by atoms with Crippen LogP contribution in [-0.2, 0) is 0 Å². The summed E-state index contributed by atoms with van der Waals surface area (Å²) in [6.45, 7) is 6.30. The van der Waals surface area contributed by atoms with E-state index in [1.807, 2.05) is 29.1 Å². The molecule has 1 fully saturated rings. The summed E-state index contributed by atoms with van der Waals surface area (Å²) in [5.41, 5.74) is 6.58. The molecule has 1 N–H and O–H groups in total. The molecule has 4 heterocycles. The van der Waals surface area contributed by atoms with E-state index in [1.54, 1.807) is 12.7 Å². The molecule has 0 amide bonds. The van der Waals surface area contributed by atoms with Gasteiger partial charge in [0.05, 0.1) is 17.8 Å². The number of thiocarbonyl (C=S) groups is 1. The van der Waals surface area contributed by atoms with E-state index in [4.69, 9.17) is 12.2 Å². The minimum Gasteiger partial charge on any atom is -0.351 e. The minimum atomic E-state index is -0.0796. The highest BCUT2D eigenvalue weighted by Gasteiger charge is 2.42. The van der Waals surface area contributed by atoms with Crippen LogP contribution in [0, 0.1) is 20.8 Å². The molecule has 0 unspecified atom stereocenters. The van der Waals surface area contributed by atoms with Gasteiger partial charge in [-0.25, -0.2) is 4.68 Å². The summed E-state index contributed by atoms with van der Waals surface area (Å²) in [5, 5.41) is 12.2. The standard InChI is InChI=1S/C23H23N7S/c1-15-7-6-8-18(11-15)29-22(21(27-23(29)31)20-9-4-5-10-24-20)19-12-16(2)30(17(19)3)28-13-25-26-14-28/h4-14,21-22H,1-3H3,(H,27,31)/t21-,22+/m0/s1. The zero-order valence-corrected chi connectivity index (χ0v) is 18.4. The highest BCUT2D eigenvalue weighted by Crippen LogP contribution is 2.43. The van der Waals surface area contributed by atoms with Gasteiger partial charge >= 0.3 is 0 Å². The van der Waals surface area contributed by atoms with Gasteiger partial charge in [-0.2, -0.15) is 0 Å². The van der Waals surface area contributed by atoms with Gasteiger partial charge < -0.3 is 10.2 Å². The predicted octanol–water partition coefficient (Wildman–Crippen LogP) is 3.89. The first kappa shape index (κ1) is 19.4. The van der Waals surface area contributed by atoms with Gasteiger partial charge in [-0.3, -0.25) is 9.66 Å². The molecule has 1 saturated heterocycles. The van der Waals surface area contributed by atoms with Gasteiger partial charge in [0, 0.05) is 28.8 Å². The third-order valence-electron chi connectivity index (χ3n) is 5.77. The van der Waals surface area contributed by atoms with Crippen LogP contribution in [0.1, 0.15) is 40.3 Å². The summed E-state index contributed by atoms with van der Waals surface area (Å²) < 4.78 is 4.00. The molecule has 8 heteroatoms. The second-order valence-corrected chi connectivity index (χ2v) is 8.20. The lowest BCUT2D eigenvalue weighted by molar-refractivity contribution is 0.557. The van der Waals surface area contributed by atoms with Crippen LogP contribution in [0.25, 0.3) is 0 Å². The second-order valence-electron chi connectivity index (χ2n) is 7.82. The molecular formula is C23H23N7S. The van der Waals surface area contributed by atoms with Crippen molar-refractivity contribution in [1.82, 2.24) is 29.9 Å². The average Bonchev–Trinajstić information content (AvgIpc) is 3.46. The second kappa shape index (κ2) is 7.63. The highest BCUT2D eigenvalue weighted by atomic mass is 32.1. The Balaban J connectivity index is 1.69. The fraction of sp³-hybridized carbons (Fsp3) is 0.217. The maximum atomic E-state index is 5.84. The van der Waals surface area contributed by atoms with E-state index in [1.165, 1.54) is 11.1 Å². The molecule has 1 aromatic carbocycles. The molecule has 0 bridgehead atoms. The number of hydrogen-bond acceptors (Lipinski definition) is 4. The normalized spacial score (nSPS) is 18.4. The van der Waals surface area contributed by atoms with E-state index >= 15 is 0 Å². The molecule has 156 valence electrons. The zero-order valence-electron chi connectivity index (χ0n) is 17.6. The van der Waals surface area contributed by atoms with Crippen LogP contribution in [0.3, 0.4) is 0 Å². The molecule has 4 aromatic rings. The third kappa shape index (κ3) is 3.29. The first-order chi connectivity index (χ1) is 15.0. The molecule has 0 spiro atoms. The van der Waals surface area contributed by atoms with Gasteiger partial charge in [-0.05, 0) is 68.9 Å². The van der Waals surface area contributed by atoms with E-state index in [9.17, 15) is 0 Å². The summed E-state index contributed by atoms with van der Waals surface area (Å²) >= 11 is 5.84. The summed E-state index contributed by atoms with van der Waals surface area (Å²) in [6.07, 6.45) is 5.23. The van der Waals surface area contributed by atoms with E-state index in [0.29, 0.717) is 5.11 Å². The minimum absolute atomic E-state index is 0.0550. The highest BCUT2D eigenvalue weighted by molar-refractivity contribution is 7.80. The lowest BCUT2D eigenvalue weighted by Gasteiger charge is -2.28. The molecule has 1 aliphatic rings. The lowest BCUT2D eigenvalue weighted by atomic mass is 9.96. The summed E-state index contributed by atoms with van der Waals surface area (Å²) in [6, 6.07) is 16.5. The quantitative estimate of drug-likeness (QED) is 0.497. The van der Waals surface area contributed by atoms with Crippen molar-refractivity contribution in [1.29, 1.82) is 0 Å². The molecule has 0 radical (unpaired) electrons. The largest absolute Gasteiger partial charge is 0.351 e. The average molecular weight is 430 g/mol. The monoisotopic (exact) mass is 429 g/mol. The van der Waals surface area contributed by atoms with E-state index < -0.39 is 0 Å². The Kier molecular flexibility index (Phi) is 4.78. The molecule has 2 atom stereocenters. The lowest BCUT2D eigenvalue weighted by Crippen LogP contribution is -2.29. The summed E-state index contributed by atoms with van der Waals surface area (Å²) in [7, 11) is 0. The number of nitrogens with zero attached hydrogens (tertiary/aromatic N) is 6. The molecule has 3 aromatic heterocycles. The Morgan fingerprint density at radius 3 is 2.48 bits per heavy atom. The van der Waals surface area contributed by atoms with Crippen LogP contribution in [0.15, 0.2) is 67.4 Å². The Hall–Kier alpha value is -3.52. The Morgan fingerprint density at radius 1 is 0.968 bits per heavy atom. The smallest absolute Gasteiger partial charge is 0.174 e. The summed E-state index contributed by atoms with van der Waals surface area (Å²) in [5.74, 6) is 0. The van der Waals surface area contributed by atoms with Gasteiger partial charge in [-0.1, -0.05) is 18.2 Å². The maximum absolute atomic E-state index is 5.84. The van der Waals surface area contributed by atoms with E-state index in [2.05, 4.69) is 81.2 Å². The number of aryl methyl sites for hydroxylation is 2. The van der Waals surface area contributed by atoms with E-state index in [0.717, 1.165) is 22.8 Å². The fourth-order valence-electron chi connectivity index (χ4n) is 4.46. The number of nitrogens with one attached hydrogen (secondary N) is 1. The number of rotatable bonds is 4. The molecule has 0 aliphatic carbocycles. The van der Waals surface area contributed by atoms with Crippen LogP contribution in [0.5, 0.6) is 0 Å². The van der Waals surface area contributed by atoms with Crippen molar-refractivity contribution < 1.29 is 0 Å². The number of pyridine rings is 1. The molecule has 31 heavy (non-hydrogen) atoms. The molecular weight excluding hydrogens is 406 g/mol. The van der Waals surface area contributed by atoms with Crippen molar-refractivity contribution in [2.24, 2.45) is 0 Å². The number of hydrogen-bond donors (Lipinski definition) is 1. The predicted molar refractivity (Wildman–Crippen MR) is 124 cm³/mol. The van der Waals surface area contributed by atoms with Gasteiger partial charge in [0.1, 0.15) is 12.7 Å². The Morgan fingerprint density at radius 2 is 1.77 bits per heavy atom. The van der Waals surface area contributed by atoms with Crippen LogP contribution < -0.4 is 10.2 Å². The number of aromatic nitrogens is 5. The van der Waals surface area contributed by atoms with Gasteiger partial charge in [0.2, 0.25) is 0 Å². The van der Waals surface area contributed by atoms with Gasteiger partial charge in [0.25, 0.3) is 0 Å². The van der Waals surface area contributed by atoms with Crippen LogP contribution >= 0.6 is 12.2 Å². The molecule has 5 rings (SSSR count).